The summed E-state index contributed by atoms with van der Waals surface area (Å²) >= 11 is 0. The standard InChI is InChI=1S/C13H23N3O4S/c1-4-16(5-2)21(19,20)11-9-12(15(3)10-11)13(18)14-7-6-8-17/h9-10,17H,4-8H2,1-3H3,(H,14,18). The summed E-state index contributed by atoms with van der Waals surface area (Å²) in [6.45, 7) is 4.64. The van der Waals surface area contributed by atoms with E-state index in [2.05, 4.69) is 5.32 Å². The van der Waals surface area contributed by atoms with Gasteiger partial charge in [0.1, 0.15) is 10.6 Å². The molecule has 0 fully saturated rings. The summed E-state index contributed by atoms with van der Waals surface area (Å²) in [5.74, 6) is -0.355. The lowest BCUT2D eigenvalue weighted by Crippen LogP contribution is -2.30. The number of nitrogens with zero attached hydrogens (tertiary/aromatic N) is 2. The van der Waals surface area contributed by atoms with Gasteiger partial charge in [0.05, 0.1) is 0 Å². The van der Waals surface area contributed by atoms with Gasteiger partial charge in [-0.15, -0.1) is 0 Å². The Labute approximate surface area is 125 Å². The van der Waals surface area contributed by atoms with Crippen molar-refractivity contribution in [3.05, 3.63) is 18.0 Å². The zero-order valence-electron chi connectivity index (χ0n) is 12.7. The van der Waals surface area contributed by atoms with E-state index in [1.807, 2.05) is 0 Å². The molecule has 0 saturated carbocycles. The Kier molecular flexibility index (Phi) is 6.38. The number of amides is 1. The molecule has 0 aromatic carbocycles. The average Bonchev–Trinajstić information content (AvgIpc) is 2.83. The predicted molar refractivity (Wildman–Crippen MR) is 79.6 cm³/mol. The molecular formula is C13H23N3O4S. The molecule has 0 aliphatic heterocycles. The molecule has 1 amide bonds. The third kappa shape index (κ3) is 4.05. The average molecular weight is 317 g/mol. The molecule has 8 heteroatoms. The number of aromatic nitrogens is 1. The molecule has 0 saturated heterocycles. The minimum Gasteiger partial charge on any atom is -0.396 e. The highest BCUT2D eigenvalue weighted by molar-refractivity contribution is 7.89. The number of aliphatic hydroxyl groups excluding tert-OH is 1. The van der Waals surface area contributed by atoms with Gasteiger partial charge in [0, 0.05) is 39.5 Å². The van der Waals surface area contributed by atoms with Gasteiger partial charge in [-0.3, -0.25) is 4.79 Å². The first-order chi connectivity index (χ1) is 9.88. The highest BCUT2D eigenvalue weighted by atomic mass is 32.2. The van der Waals surface area contributed by atoms with Crippen molar-refractivity contribution in [2.75, 3.05) is 26.2 Å². The maximum atomic E-state index is 12.4. The van der Waals surface area contributed by atoms with Crippen LogP contribution in [0.5, 0.6) is 0 Å². The maximum Gasteiger partial charge on any atom is 0.267 e. The van der Waals surface area contributed by atoms with E-state index in [-0.39, 0.29) is 23.1 Å². The van der Waals surface area contributed by atoms with E-state index in [1.165, 1.54) is 21.1 Å². The molecule has 1 aromatic rings. The number of sulfonamides is 1. The van der Waals surface area contributed by atoms with Crippen molar-refractivity contribution in [3.63, 3.8) is 0 Å². The Balaban J connectivity index is 2.99. The number of rotatable bonds is 8. The number of nitrogens with one attached hydrogen (secondary N) is 1. The van der Waals surface area contributed by atoms with Gasteiger partial charge >= 0.3 is 0 Å². The fourth-order valence-electron chi connectivity index (χ4n) is 1.99. The van der Waals surface area contributed by atoms with Crippen molar-refractivity contribution in [2.24, 2.45) is 7.05 Å². The molecule has 120 valence electrons. The van der Waals surface area contributed by atoms with Crippen LogP contribution in [0, 0.1) is 0 Å². The summed E-state index contributed by atoms with van der Waals surface area (Å²) in [6.07, 6.45) is 1.90. The molecule has 1 heterocycles. The number of carbonyl (C=O) groups is 1. The first-order valence-corrected chi connectivity index (χ1v) is 8.38. The first kappa shape index (κ1) is 17.7. The highest BCUT2D eigenvalue weighted by Crippen LogP contribution is 2.18. The quantitative estimate of drug-likeness (QED) is 0.669. The van der Waals surface area contributed by atoms with E-state index in [0.29, 0.717) is 26.1 Å². The lowest BCUT2D eigenvalue weighted by molar-refractivity contribution is 0.0943. The van der Waals surface area contributed by atoms with Crippen LogP contribution in [0.3, 0.4) is 0 Å². The zero-order chi connectivity index (χ0) is 16.0. The van der Waals surface area contributed by atoms with Crippen LogP contribution >= 0.6 is 0 Å². The van der Waals surface area contributed by atoms with Crippen LogP contribution in [-0.4, -0.2) is 54.5 Å². The van der Waals surface area contributed by atoms with Crippen LogP contribution in [0.15, 0.2) is 17.2 Å². The molecule has 0 unspecified atom stereocenters. The zero-order valence-corrected chi connectivity index (χ0v) is 13.5. The molecule has 0 radical (unpaired) electrons. The predicted octanol–water partition coefficient (Wildman–Crippen LogP) is 0.168. The number of hydrogen-bond acceptors (Lipinski definition) is 4. The Morgan fingerprint density at radius 3 is 2.52 bits per heavy atom. The third-order valence-corrected chi connectivity index (χ3v) is 5.19. The van der Waals surface area contributed by atoms with Crippen LogP contribution in [0.4, 0.5) is 0 Å². The van der Waals surface area contributed by atoms with Gasteiger partial charge in [-0.25, -0.2) is 8.42 Å². The molecule has 0 bridgehead atoms. The third-order valence-electron chi connectivity index (χ3n) is 3.18. The largest absolute Gasteiger partial charge is 0.396 e. The van der Waals surface area contributed by atoms with E-state index < -0.39 is 10.0 Å². The first-order valence-electron chi connectivity index (χ1n) is 6.94. The smallest absolute Gasteiger partial charge is 0.267 e. The van der Waals surface area contributed by atoms with Crippen LogP contribution in [-0.2, 0) is 17.1 Å². The normalized spacial score (nSPS) is 11.9. The summed E-state index contributed by atoms with van der Waals surface area (Å²) in [5, 5.41) is 11.3. The molecule has 0 spiro atoms. The van der Waals surface area contributed by atoms with Gasteiger partial charge in [-0.1, -0.05) is 13.8 Å². The fraction of sp³-hybridized carbons (Fsp3) is 0.615. The number of aryl methyl sites for hydroxylation is 1. The van der Waals surface area contributed by atoms with Gasteiger partial charge in [-0.2, -0.15) is 4.31 Å². The monoisotopic (exact) mass is 317 g/mol. The Morgan fingerprint density at radius 1 is 1.38 bits per heavy atom. The van der Waals surface area contributed by atoms with Crippen LogP contribution in [0.1, 0.15) is 30.8 Å². The van der Waals surface area contributed by atoms with E-state index in [4.69, 9.17) is 5.11 Å². The summed E-state index contributed by atoms with van der Waals surface area (Å²) in [7, 11) is -1.94. The van der Waals surface area contributed by atoms with Gasteiger partial charge in [0.25, 0.3) is 5.91 Å². The van der Waals surface area contributed by atoms with E-state index in [1.54, 1.807) is 20.9 Å². The molecule has 2 N–H and O–H groups in total. The van der Waals surface area contributed by atoms with E-state index in [9.17, 15) is 13.2 Å². The summed E-state index contributed by atoms with van der Waals surface area (Å²) in [4.78, 5) is 12.1. The lowest BCUT2D eigenvalue weighted by Gasteiger charge is -2.17. The topological polar surface area (TPSA) is 91.6 Å². The Morgan fingerprint density at radius 2 is 2.00 bits per heavy atom. The Bertz CT molecular complexity index is 576. The second-order valence-electron chi connectivity index (χ2n) is 4.59. The van der Waals surface area contributed by atoms with Crippen LogP contribution in [0.2, 0.25) is 0 Å². The van der Waals surface area contributed by atoms with Crippen molar-refractivity contribution in [2.45, 2.75) is 25.2 Å². The molecule has 0 atom stereocenters. The van der Waals surface area contributed by atoms with Crippen LogP contribution < -0.4 is 5.32 Å². The van der Waals surface area contributed by atoms with E-state index >= 15 is 0 Å². The van der Waals surface area contributed by atoms with Crippen molar-refractivity contribution in [1.29, 1.82) is 0 Å². The molecule has 0 aliphatic carbocycles. The van der Waals surface area contributed by atoms with Crippen molar-refractivity contribution in [1.82, 2.24) is 14.2 Å². The number of hydrogen-bond donors (Lipinski definition) is 2. The molecular weight excluding hydrogens is 294 g/mol. The molecule has 7 nitrogen and oxygen atoms in total. The molecule has 0 aliphatic rings. The second-order valence-corrected chi connectivity index (χ2v) is 6.53. The highest BCUT2D eigenvalue weighted by Gasteiger charge is 2.25. The summed E-state index contributed by atoms with van der Waals surface area (Å²) < 4.78 is 27.6. The van der Waals surface area contributed by atoms with Crippen molar-refractivity contribution < 1.29 is 18.3 Å². The molecule has 1 aromatic heterocycles. The molecule has 21 heavy (non-hydrogen) atoms. The van der Waals surface area contributed by atoms with E-state index in [0.717, 1.165) is 0 Å². The minimum absolute atomic E-state index is 0.00495. The van der Waals surface area contributed by atoms with Crippen LogP contribution in [0.25, 0.3) is 0 Å². The lowest BCUT2D eigenvalue weighted by atomic mass is 10.3. The van der Waals surface area contributed by atoms with Gasteiger partial charge in [-0.05, 0) is 12.5 Å². The minimum atomic E-state index is -3.57. The van der Waals surface area contributed by atoms with Gasteiger partial charge in [0.15, 0.2) is 0 Å². The van der Waals surface area contributed by atoms with Gasteiger partial charge < -0.3 is 15.0 Å². The number of aliphatic hydroxyl groups is 1. The van der Waals surface area contributed by atoms with Crippen molar-refractivity contribution in [3.8, 4) is 0 Å². The SMILES string of the molecule is CCN(CC)S(=O)(=O)c1cc(C(=O)NCCCO)n(C)c1. The fourth-order valence-corrected chi connectivity index (χ4v) is 3.52. The summed E-state index contributed by atoms with van der Waals surface area (Å²) in [6, 6.07) is 1.38. The van der Waals surface area contributed by atoms with Gasteiger partial charge in [0.2, 0.25) is 10.0 Å². The second kappa shape index (κ2) is 7.58. The number of carbonyl (C=O) groups excluding carboxylic acids is 1. The molecule has 1 rings (SSSR count). The maximum absolute atomic E-state index is 12.4. The van der Waals surface area contributed by atoms with Crippen molar-refractivity contribution >= 4 is 15.9 Å². The Hall–Kier alpha value is -1.38. The summed E-state index contributed by atoms with van der Waals surface area (Å²) in [5.41, 5.74) is 0.277.